The molecule has 1 aliphatic heterocycles. The Kier molecular flexibility index (Phi) is 2.19. The molecule has 0 aromatic heterocycles. The summed E-state index contributed by atoms with van der Waals surface area (Å²) in [5, 5.41) is 0. The fraction of sp³-hybridized carbons (Fsp3) is 0.250. The van der Waals surface area contributed by atoms with Gasteiger partial charge in [-0.2, -0.15) is 0 Å². The van der Waals surface area contributed by atoms with Crippen LogP contribution < -0.4 is 4.90 Å². The molecule has 1 aromatic carbocycles. The van der Waals surface area contributed by atoms with Gasteiger partial charge in [0.25, 0.3) is 0 Å². The van der Waals surface area contributed by atoms with Crippen LogP contribution in [0, 0.1) is 0 Å². The smallest absolute Gasteiger partial charge is 0.0994 e. The van der Waals surface area contributed by atoms with Gasteiger partial charge in [-0.25, -0.2) is 0 Å². The van der Waals surface area contributed by atoms with Gasteiger partial charge in [-0.05, 0) is 12.1 Å². The molecule has 0 radical (unpaired) electrons. The largest absolute Gasteiger partial charge is 0.348 e. The Labute approximate surface area is 82.2 Å². The Morgan fingerprint density at radius 3 is 3.00 bits per heavy atom. The summed E-state index contributed by atoms with van der Waals surface area (Å²) >= 11 is 3.37. The van der Waals surface area contributed by atoms with Gasteiger partial charge in [0, 0.05) is 0 Å². The van der Waals surface area contributed by atoms with Gasteiger partial charge >= 0.3 is 0 Å². The van der Waals surface area contributed by atoms with Crippen LogP contribution in [0.4, 0.5) is 5.69 Å². The number of halogens is 1. The number of para-hydroxylation sites is 1. The molecule has 0 saturated heterocycles. The number of fused-ring (bicyclic) bond motifs is 1. The molecule has 2 nitrogen and oxygen atoms in total. The van der Waals surface area contributed by atoms with E-state index in [9.17, 15) is 4.21 Å². The topological polar surface area (TPSA) is 20.3 Å². The van der Waals surface area contributed by atoms with Crippen molar-refractivity contribution in [1.82, 2.24) is 0 Å². The van der Waals surface area contributed by atoms with E-state index in [4.69, 9.17) is 0 Å². The van der Waals surface area contributed by atoms with Crippen molar-refractivity contribution in [2.75, 3.05) is 16.2 Å². The number of alkyl halides is 1. The van der Waals surface area contributed by atoms with Gasteiger partial charge < -0.3 is 4.90 Å². The predicted octanol–water partition coefficient (Wildman–Crippen LogP) is 1.92. The Morgan fingerprint density at radius 2 is 2.25 bits per heavy atom. The minimum Gasteiger partial charge on any atom is -0.348 e. The molecule has 1 atom stereocenters. The molecule has 2 rings (SSSR count). The van der Waals surface area contributed by atoms with Crippen molar-refractivity contribution in [3.63, 3.8) is 0 Å². The van der Waals surface area contributed by atoms with Crippen LogP contribution in [0.1, 0.15) is 0 Å². The lowest BCUT2D eigenvalue weighted by Gasteiger charge is -2.12. The first kappa shape index (κ1) is 8.26. The van der Waals surface area contributed by atoms with Gasteiger partial charge in [0.1, 0.15) is 0 Å². The maximum atomic E-state index is 11.5. The predicted molar refractivity (Wildman–Crippen MR) is 54.0 cm³/mol. The summed E-state index contributed by atoms with van der Waals surface area (Å²) < 4.78 is 11.5. The first-order valence-corrected chi connectivity index (χ1v) is 6.05. The van der Waals surface area contributed by atoms with Crippen molar-refractivity contribution in [1.29, 1.82) is 0 Å². The quantitative estimate of drug-likeness (QED) is 0.557. The average Bonchev–Trinajstić information content (AvgIpc) is 2.44. The normalized spacial score (nSPS) is 21.1. The van der Waals surface area contributed by atoms with Crippen LogP contribution in [0.25, 0.3) is 0 Å². The summed E-state index contributed by atoms with van der Waals surface area (Å²) in [6.07, 6.45) is 0. The summed E-state index contributed by atoms with van der Waals surface area (Å²) in [6, 6.07) is 7.82. The SMILES string of the molecule is O=S1CN(CBr)c2ccccc21. The second-order valence-corrected chi connectivity index (χ2v) is 4.49. The van der Waals surface area contributed by atoms with E-state index in [0.29, 0.717) is 5.88 Å². The van der Waals surface area contributed by atoms with Gasteiger partial charge in [0.15, 0.2) is 0 Å². The van der Waals surface area contributed by atoms with E-state index in [1.165, 1.54) is 0 Å². The second kappa shape index (κ2) is 3.18. The summed E-state index contributed by atoms with van der Waals surface area (Å²) in [5.74, 6) is 0.616. The van der Waals surface area contributed by atoms with Crippen molar-refractivity contribution in [2.24, 2.45) is 0 Å². The van der Waals surface area contributed by atoms with Crippen molar-refractivity contribution in [3.05, 3.63) is 24.3 Å². The molecule has 64 valence electrons. The van der Waals surface area contributed by atoms with E-state index in [2.05, 4.69) is 20.8 Å². The molecule has 1 aliphatic rings. The highest BCUT2D eigenvalue weighted by molar-refractivity contribution is 9.09. The number of benzene rings is 1. The molecule has 1 heterocycles. The number of hydrogen-bond donors (Lipinski definition) is 0. The fourth-order valence-corrected chi connectivity index (χ4v) is 3.29. The molecule has 0 bridgehead atoms. The molecular weight excluding hydrogens is 238 g/mol. The van der Waals surface area contributed by atoms with E-state index >= 15 is 0 Å². The summed E-state index contributed by atoms with van der Waals surface area (Å²) in [6.45, 7) is 0. The van der Waals surface area contributed by atoms with Crippen LogP contribution in [-0.4, -0.2) is 15.5 Å². The fourth-order valence-electron chi connectivity index (χ4n) is 1.29. The van der Waals surface area contributed by atoms with Crippen LogP contribution in [0.3, 0.4) is 0 Å². The van der Waals surface area contributed by atoms with Crippen LogP contribution in [0.5, 0.6) is 0 Å². The molecule has 1 unspecified atom stereocenters. The zero-order valence-corrected chi connectivity index (χ0v) is 8.77. The van der Waals surface area contributed by atoms with E-state index < -0.39 is 10.8 Å². The van der Waals surface area contributed by atoms with Crippen LogP contribution >= 0.6 is 15.9 Å². The summed E-state index contributed by atoms with van der Waals surface area (Å²) in [5.41, 5.74) is 1.84. The summed E-state index contributed by atoms with van der Waals surface area (Å²) in [4.78, 5) is 3.02. The maximum Gasteiger partial charge on any atom is 0.0994 e. The minimum absolute atomic E-state index is 0.616. The van der Waals surface area contributed by atoms with E-state index in [1.54, 1.807) is 0 Å². The van der Waals surface area contributed by atoms with Crippen LogP contribution in [0.15, 0.2) is 29.2 Å². The van der Waals surface area contributed by atoms with E-state index in [-0.39, 0.29) is 0 Å². The minimum atomic E-state index is -0.832. The van der Waals surface area contributed by atoms with Crippen molar-refractivity contribution >= 4 is 32.4 Å². The average molecular weight is 246 g/mol. The number of hydrogen-bond acceptors (Lipinski definition) is 2. The molecular formula is C8H8BrNOS. The molecule has 0 N–H and O–H groups in total. The van der Waals surface area contributed by atoms with Crippen LogP contribution in [0.2, 0.25) is 0 Å². The molecule has 1 aromatic rings. The molecule has 12 heavy (non-hydrogen) atoms. The molecule has 0 aliphatic carbocycles. The summed E-state index contributed by atoms with van der Waals surface area (Å²) in [7, 11) is -0.832. The molecule has 0 saturated carbocycles. The lowest BCUT2D eigenvalue weighted by molar-refractivity contribution is 0.685. The van der Waals surface area contributed by atoms with Gasteiger partial charge in [-0.3, -0.25) is 4.21 Å². The van der Waals surface area contributed by atoms with E-state index in [0.717, 1.165) is 16.0 Å². The van der Waals surface area contributed by atoms with E-state index in [1.807, 2.05) is 24.3 Å². The molecule has 0 amide bonds. The van der Waals surface area contributed by atoms with Gasteiger partial charge in [0.2, 0.25) is 0 Å². The zero-order chi connectivity index (χ0) is 8.55. The van der Waals surface area contributed by atoms with Crippen molar-refractivity contribution in [3.8, 4) is 0 Å². The number of anilines is 1. The third kappa shape index (κ3) is 1.19. The monoisotopic (exact) mass is 245 g/mol. The second-order valence-electron chi connectivity index (χ2n) is 2.60. The van der Waals surface area contributed by atoms with Crippen molar-refractivity contribution < 1.29 is 4.21 Å². The van der Waals surface area contributed by atoms with Gasteiger partial charge in [0.05, 0.1) is 32.7 Å². The maximum absolute atomic E-state index is 11.5. The number of rotatable bonds is 1. The lowest BCUT2D eigenvalue weighted by Crippen LogP contribution is -2.18. The Bertz CT molecular complexity index is 329. The zero-order valence-electron chi connectivity index (χ0n) is 6.37. The highest BCUT2D eigenvalue weighted by atomic mass is 79.9. The highest BCUT2D eigenvalue weighted by Crippen LogP contribution is 2.30. The molecule has 0 fully saturated rings. The lowest BCUT2D eigenvalue weighted by atomic mass is 10.3. The third-order valence-electron chi connectivity index (χ3n) is 1.87. The first-order chi connectivity index (χ1) is 5.83. The van der Waals surface area contributed by atoms with Gasteiger partial charge in [-0.1, -0.05) is 28.1 Å². The Hall–Kier alpha value is -0.350. The molecule has 4 heteroatoms. The third-order valence-corrected chi connectivity index (χ3v) is 3.86. The number of nitrogens with zero attached hydrogens (tertiary/aromatic N) is 1. The van der Waals surface area contributed by atoms with Gasteiger partial charge in [-0.15, -0.1) is 0 Å². The standard InChI is InChI=1S/C8H8BrNOS/c9-5-10-6-12(11)8-4-2-1-3-7(8)10/h1-4H,5-6H2. The Balaban J connectivity index is 2.50. The molecule has 0 spiro atoms. The van der Waals surface area contributed by atoms with Crippen LogP contribution in [-0.2, 0) is 10.8 Å². The highest BCUT2D eigenvalue weighted by Gasteiger charge is 2.23. The first-order valence-electron chi connectivity index (χ1n) is 3.61. The Morgan fingerprint density at radius 1 is 1.50 bits per heavy atom. The van der Waals surface area contributed by atoms with Crippen molar-refractivity contribution in [2.45, 2.75) is 4.90 Å².